The predicted octanol–water partition coefficient (Wildman–Crippen LogP) is 3.24. The van der Waals surface area contributed by atoms with Crippen molar-refractivity contribution in [3.05, 3.63) is 29.8 Å². The fraction of sp³-hybridized carbons (Fsp3) is 0.625. The van der Waals surface area contributed by atoms with E-state index in [0.717, 1.165) is 18.8 Å². The smallest absolute Gasteiger partial charge is 0.119 e. The van der Waals surface area contributed by atoms with Crippen LogP contribution < -0.4 is 10.1 Å². The van der Waals surface area contributed by atoms with Gasteiger partial charge in [0, 0.05) is 6.54 Å². The average molecular weight is 265 g/mol. The first-order chi connectivity index (χ1) is 9.13. The van der Waals surface area contributed by atoms with Crippen LogP contribution >= 0.6 is 0 Å². The number of nitrogens with one attached hydrogen (secondary N) is 1. The fourth-order valence-corrected chi connectivity index (χ4v) is 1.60. The SMILES string of the molecule is CCNCc1cccc(OCCOC(C)C(C)C)c1. The summed E-state index contributed by atoms with van der Waals surface area (Å²) in [7, 11) is 0. The second kappa shape index (κ2) is 8.94. The van der Waals surface area contributed by atoms with Gasteiger partial charge in [-0.1, -0.05) is 32.9 Å². The maximum Gasteiger partial charge on any atom is 0.119 e. The van der Waals surface area contributed by atoms with E-state index in [0.29, 0.717) is 19.1 Å². The van der Waals surface area contributed by atoms with Crippen LogP contribution in [0.3, 0.4) is 0 Å². The molecule has 1 rings (SSSR count). The molecule has 0 spiro atoms. The zero-order valence-corrected chi connectivity index (χ0v) is 12.6. The van der Waals surface area contributed by atoms with Crippen LogP contribution in [0.15, 0.2) is 24.3 Å². The van der Waals surface area contributed by atoms with Crippen LogP contribution in [0.4, 0.5) is 0 Å². The van der Waals surface area contributed by atoms with Gasteiger partial charge in [-0.15, -0.1) is 0 Å². The lowest BCUT2D eigenvalue weighted by atomic mass is 10.1. The Hall–Kier alpha value is -1.06. The van der Waals surface area contributed by atoms with Crippen molar-refractivity contribution in [2.75, 3.05) is 19.8 Å². The molecule has 0 saturated carbocycles. The van der Waals surface area contributed by atoms with Gasteiger partial charge in [-0.05, 0) is 37.1 Å². The molecule has 1 unspecified atom stereocenters. The fourth-order valence-electron chi connectivity index (χ4n) is 1.60. The third kappa shape index (κ3) is 6.60. The van der Waals surface area contributed by atoms with E-state index in [4.69, 9.17) is 9.47 Å². The standard InChI is InChI=1S/C16H27NO2/c1-5-17-12-15-7-6-8-16(11-15)19-10-9-18-14(4)13(2)3/h6-8,11,13-14,17H,5,9-10,12H2,1-4H3. The van der Waals surface area contributed by atoms with Gasteiger partial charge >= 0.3 is 0 Å². The molecule has 3 nitrogen and oxygen atoms in total. The molecule has 0 fully saturated rings. The van der Waals surface area contributed by atoms with E-state index in [1.54, 1.807) is 0 Å². The summed E-state index contributed by atoms with van der Waals surface area (Å²) in [4.78, 5) is 0. The Kier molecular flexibility index (Phi) is 7.53. The quantitative estimate of drug-likeness (QED) is 0.695. The lowest BCUT2D eigenvalue weighted by molar-refractivity contribution is 0.0188. The van der Waals surface area contributed by atoms with E-state index >= 15 is 0 Å². The molecule has 0 aromatic heterocycles. The van der Waals surface area contributed by atoms with Crippen molar-refractivity contribution in [2.45, 2.75) is 40.3 Å². The third-order valence-electron chi connectivity index (χ3n) is 3.15. The third-order valence-corrected chi connectivity index (χ3v) is 3.15. The highest BCUT2D eigenvalue weighted by molar-refractivity contribution is 5.28. The highest BCUT2D eigenvalue weighted by atomic mass is 16.5. The molecule has 0 heterocycles. The molecule has 0 radical (unpaired) electrons. The largest absolute Gasteiger partial charge is 0.491 e. The van der Waals surface area contributed by atoms with E-state index in [1.807, 2.05) is 12.1 Å². The molecule has 0 saturated heterocycles. The molecule has 0 bridgehead atoms. The summed E-state index contributed by atoms with van der Waals surface area (Å²) in [5.74, 6) is 1.46. The highest BCUT2D eigenvalue weighted by Crippen LogP contribution is 2.13. The van der Waals surface area contributed by atoms with Crippen molar-refractivity contribution in [1.29, 1.82) is 0 Å². The zero-order valence-electron chi connectivity index (χ0n) is 12.6. The van der Waals surface area contributed by atoms with Gasteiger partial charge in [0.15, 0.2) is 0 Å². The monoisotopic (exact) mass is 265 g/mol. The van der Waals surface area contributed by atoms with Gasteiger partial charge in [-0.25, -0.2) is 0 Å². The van der Waals surface area contributed by atoms with Crippen molar-refractivity contribution >= 4 is 0 Å². The second-order valence-corrected chi connectivity index (χ2v) is 5.10. The average Bonchev–Trinajstić information content (AvgIpc) is 2.41. The van der Waals surface area contributed by atoms with Gasteiger partial charge in [0.05, 0.1) is 12.7 Å². The number of benzene rings is 1. The molecule has 0 aliphatic rings. The van der Waals surface area contributed by atoms with Crippen molar-refractivity contribution < 1.29 is 9.47 Å². The summed E-state index contributed by atoms with van der Waals surface area (Å²) in [5, 5.41) is 3.31. The summed E-state index contributed by atoms with van der Waals surface area (Å²) in [5.41, 5.74) is 1.25. The van der Waals surface area contributed by atoms with Crippen molar-refractivity contribution in [1.82, 2.24) is 5.32 Å². The maximum atomic E-state index is 5.70. The molecule has 0 amide bonds. The van der Waals surface area contributed by atoms with Gasteiger partial charge in [0.1, 0.15) is 12.4 Å². The number of rotatable bonds is 9. The lowest BCUT2D eigenvalue weighted by Gasteiger charge is -2.16. The Balaban J connectivity index is 2.29. The van der Waals surface area contributed by atoms with Crippen LogP contribution in [0, 0.1) is 5.92 Å². The highest BCUT2D eigenvalue weighted by Gasteiger charge is 2.06. The molecule has 1 N–H and O–H groups in total. The molecular weight excluding hydrogens is 238 g/mol. The minimum absolute atomic E-state index is 0.281. The van der Waals surface area contributed by atoms with E-state index in [-0.39, 0.29) is 6.10 Å². The molecule has 1 aromatic rings. The van der Waals surface area contributed by atoms with E-state index in [9.17, 15) is 0 Å². The second-order valence-electron chi connectivity index (χ2n) is 5.10. The molecule has 0 aliphatic carbocycles. The number of ether oxygens (including phenoxy) is 2. The van der Waals surface area contributed by atoms with Gasteiger partial charge < -0.3 is 14.8 Å². The summed E-state index contributed by atoms with van der Waals surface area (Å²) < 4.78 is 11.4. The Morgan fingerprint density at radius 3 is 2.63 bits per heavy atom. The first kappa shape index (κ1) is 16.0. The van der Waals surface area contributed by atoms with E-state index in [2.05, 4.69) is 45.1 Å². The van der Waals surface area contributed by atoms with Crippen LogP contribution in [0.2, 0.25) is 0 Å². The molecule has 1 atom stereocenters. The van der Waals surface area contributed by atoms with Crippen LogP contribution in [0.1, 0.15) is 33.3 Å². The molecule has 0 aliphatic heterocycles. The van der Waals surface area contributed by atoms with Crippen LogP contribution in [-0.4, -0.2) is 25.9 Å². The van der Waals surface area contributed by atoms with Crippen LogP contribution in [0.5, 0.6) is 5.75 Å². The van der Waals surface area contributed by atoms with E-state index in [1.165, 1.54) is 5.56 Å². The maximum absolute atomic E-state index is 5.70. The summed E-state index contributed by atoms with van der Waals surface area (Å²) in [6, 6.07) is 8.20. The topological polar surface area (TPSA) is 30.5 Å². The summed E-state index contributed by atoms with van der Waals surface area (Å²) in [6.07, 6.45) is 0.281. The van der Waals surface area contributed by atoms with Gasteiger partial charge in [-0.3, -0.25) is 0 Å². The minimum Gasteiger partial charge on any atom is -0.491 e. The predicted molar refractivity (Wildman–Crippen MR) is 79.6 cm³/mol. The normalized spacial score (nSPS) is 12.7. The van der Waals surface area contributed by atoms with Crippen molar-refractivity contribution in [2.24, 2.45) is 5.92 Å². The molecule has 19 heavy (non-hydrogen) atoms. The summed E-state index contributed by atoms with van der Waals surface area (Å²) >= 11 is 0. The molecule has 108 valence electrons. The lowest BCUT2D eigenvalue weighted by Crippen LogP contribution is -2.19. The van der Waals surface area contributed by atoms with Crippen molar-refractivity contribution in [3.63, 3.8) is 0 Å². The van der Waals surface area contributed by atoms with E-state index < -0.39 is 0 Å². The van der Waals surface area contributed by atoms with Crippen LogP contribution in [-0.2, 0) is 11.3 Å². The Morgan fingerprint density at radius 2 is 1.95 bits per heavy atom. The Labute approximate surface area is 117 Å². The van der Waals surface area contributed by atoms with Crippen LogP contribution in [0.25, 0.3) is 0 Å². The molecule has 1 aromatic carbocycles. The minimum atomic E-state index is 0.281. The summed E-state index contributed by atoms with van der Waals surface area (Å²) in [6.45, 7) is 11.6. The first-order valence-electron chi connectivity index (χ1n) is 7.17. The molecule has 3 heteroatoms. The van der Waals surface area contributed by atoms with Gasteiger partial charge in [-0.2, -0.15) is 0 Å². The first-order valence-corrected chi connectivity index (χ1v) is 7.17. The van der Waals surface area contributed by atoms with Gasteiger partial charge in [0.2, 0.25) is 0 Å². The Bertz CT molecular complexity index is 352. The number of hydrogen-bond acceptors (Lipinski definition) is 3. The van der Waals surface area contributed by atoms with Crippen molar-refractivity contribution in [3.8, 4) is 5.75 Å². The number of hydrogen-bond donors (Lipinski definition) is 1. The molecular formula is C16H27NO2. The Morgan fingerprint density at radius 1 is 1.16 bits per heavy atom. The zero-order chi connectivity index (χ0) is 14.1. The van der Waals surface area contributed by atoms with Gasteiger partial charge in [0.25, 0.3) is 0 Å².